The number of carbonyl (C=O) groups is 3. The van der Waals surface area contributed by atoms with E-state index in [0.717, 1.165) is 12.2 Å². The lowest BCUT2D eigenvalue weighted by atomic mass is 9.94. The largest absolute Gasteiger partial charge is 0.494 e. The van der Waals surface area contributed by atoms with E-state index in [4.69, 9.17) is 4.74 Å². The van der Waals surface area contributed by atoms with Crippen molar-refractivity contribution in [1.82, 2.24) is 10.2 Å². The van der Waals surface area contributed by atoms with E-state index in [1.165, 1.54) is 0 Å². The van der Waals surface area contributed by atoms with Gasteiger partial charge in [0.25, 0.3) is 0 Å². The molecular formula is C24H36N2O4. The summed E-state index contributed by atoms with van der Waals surface area (Å²) in [7, 11) is 0. The zero-order valence-electron chi connectivity index (χ0n) is 18.8. The van der Waals surface area contributed by atoms with E-state index in [1.807, 2.05) is 13.8 Å². The maximum absolute atomic E-state index is 12.5. The number of ether oxygens (including phenoxy) is 1. The van der Waals surface area contributed by atoms with Gasteiger partial charge in [-0.15, -0.1) is 0 Å². The monoisotopic (exact) mass is 416 g/mol. The summed E-state index contributed by atoms with van der Waals surface area (Å²) in [4.78, 5) is 39.1. The molecule has 2 rings (SSSR count). The van der Waals surface area contributed by atoms with Gasteiger partial charge in [0.2, 0.25) is 11.8 Å². The highest BCUT2D eigenvalue weighted by Crippen LogP contribution is 2.20. The maximum atomic E-state index is 12.5. The standard InChI is InChI=1S/C24H36N2O4/c1-5-16-30-21-8-6-19(7-9-21)22(27)10-11-23(28)26-14-12-20(13-15-26)24(29)25-18(4)17(2)3/h6-9,17-18,20H,5,10-16H2,1-4H3,(H,25,29). The number of benzene rings is 1. The van der Waals surface area contributed by atoms with Crippen molar-refractivity contribution in [3.05, 3.63) is 29.8 Å². The average molecular weight is 417 g/mol. The fraction of sp³-hybridized carbons (Fsp3) is 0.625. The number of amides is 2. The second-order valence-corrected chi connectivity index (χ2v) is 8.49. The lowest BCUT2D eigenvalue weighted by Crippen LogP contribution is -2.45. The molecule has 0 saturated carbocycles. The fourth-order valence-corrected chi connectivity index (χ4v) is 3.38. The average Bonchev–Trinajstić information content (AvgIpc) is 2.76. The van der Waals surface area contributed by atoms with Crippen molar-refractivity contribution in [3.8, 4) is 5.75 Å². The minimum Gasteiger partial charge on any atom is -0.494 e. The highest BCUT2D eigenvalue weighted by atomic mass is 16.5. The predicted molar refractivity (Wildman–Crippen MR) is 118 cm³/mol. The molecule has 0 aromatic heterocycles. The molecule has 1 aromatic carbocycles. The first-order valence-corrected chi connectivity index (χ1v) is 11.2. The molecule has 0 bridgehead atoms. The number of piperidine rings is 1. The molecule has 0 radical (unpaired) electrons. The van der Waals surface area contributed by atoms with Gasteiger partial charge in [-0.05, 0) is 56.4 Å². The van der Waals surface area contributed by atoms with E-state index in [1.54, 1.807) is 29.2 Å². The second-order valence-electron chi connectivity index (χ2n) is 8.49. The summed E-state index contributed by atoms with van der Waals surface area (Å²) in [6, 6.07) is 7.23. The Bertz CT molecular complexity index is 706. The van der Waals surface area contributed by atoms with Gasteiger partial charge in [-0.1, -0.05) is 20.8 Å². The van der Waals surface area contributed by atoms with Crippen molar-refractivity contribution < 1.29 is 19.1 Å². The lowest BCUT2D eigenvalue weighted by molar-refractivity contribution is -0.135. The molecule has 0 aliphatic carbocycles. The maximum Gasteiger partial charge on any atom is 0.223 e. The molecule has 1 fully saturated rings. The molecule has 6 heteroatoms. The SMILES string of the molecule is CCCOc1ccc(C(=O)CCC(=O)N2CCC(C(=O)NC(C)C(C)C)CC2)cc1. The smallest absolute Gasteiger partial charge is 0.223 e. The van der Waals surface area contributed by atoms with Crippen LogP contribution in [-0.2, 0) is 9.59 Å². The highest BCUT2D eigenvalue weighted by molar-refractivity contribution is 5.98. The van der Waals surface area contributed by atoms with Crippen LogP contribution in [0.1, 0.15) is 70.2 Å². The molecule has 1 aromatic rings. The number of ketones is 1. The van der Waals surface area contributed by atoms with Crippen molar-refractivity contribution in [2.75, 3.05) is 19.7 Å². The van der Waals surface area contributed by atoms with Crippen LogP contribution in [0.3, 0.4) is 0 Å². The summed E-state index contributed by atoms with van der Waals surface area (Å²) in [5, 5.41) is 3.07. The van der Waals surface area contributed by atoms with E-state index in [0.29, 0.717) is 44.0 Å². The summed E-state index contributed by atoms with van der Waals surface area (Å²) in [5.41, 5.74) is 0.598. The Balaban J connectivity index is 1.74. The number of nitrogens with one attached hydrogen (secondary N) is 1. The zero-order chi connectivity index (χ0) is 22.1. The number of hydrogen-bond acceptors (Lipinski definition) is 4. The molecule has 1 aliphatic rings. The molecular weight excluding hydrogens is 380 g/mol. The molecule has 0 spiro atoms. The Morgan fingerprint density at radius 1 is 1.07 bits per heavy atom. The summed E-state index contributed by atoms with van der Waals surface area (Å²) in [6.07, 6.45) is 2.68. The number of nitrogens with zero attached hydrogens (tertiary/aromatic N) is 1. The Labute approximate surface area is 180 Å². The van der Waals surface area contributed by atoms with Crippen molar-refractivity contribution in [2.45, 2.75) is 65.8 Å². The summed E-state index contributed by atoms with van der Waals surface area (Å²) >= 11 is 0. The molecule has 1 atom stereocenters. The topological polar surface area (TPSA) is 75.7 Å². The third kappa shape index (κ3) is 7.15. The molecule has 1 heterocycles. The molecule has 1 unspecified atom stereocenters. The third-order valence-corrected chi connectivity index (χ3v) is 5.80. The number of Topliss-reactive ketones (excluding diaryl/α,β-unsaturated/α-hetero) is 1. The summed E-state index contributed by atoms with van der Waals surface area (Å²) in [6.45, 7) is 10.0. The van der Waals surface area contributed by atoms with Crippen LogP contribution >= 0.6 is 0 Å². The highest BCUT2D eigenvalue weighted by Gasteiger charge is 2.28. The van der Waals surface area contributed by atoms with Crippen LogP contribution in [0.4, 0.5) is 0 Å². The minimum absolute atomic E-state index is 0.0133. The fourth-order valence-electron chi connectivity index (χ4n) is 3.38. The Hall–Kier alpha value is -2.37. The van der Waals surface area contributed by atoms with Crippen LogP contribution in [0.2, 0.25) is 0 Å². The molecule has 30 heavy (non-hydrogen) atoms. The lowest BCUT2D eigenvalue weighted by Gasteiger charge is -2.32. The number of likely N-dealkylation sites (tertiary alicyclic amines) is 1. The first-order valence-electron chi connectivity index (χ1n) is 11.2. The number of hydrogen-bond donors (Lipinski definition) is 1. The summed E-state index contributed by atoms with van der Waals surface area (Å²) < 4.78 is 5.52. The molecule has 1 aliphatic heterocycles. The normalized spacial score (nSPS) is 15.7. The third-order valence-electron chi connectivity index (χ3n) is 5.80. The zero-order valence-corrected chi connectivity index (χ0v) is 18.8. The van der Waals surface area contributed by atoms with Crippen molar-refractivity contribution >= 4 is 17.6 Å². The molecule has 1 N–H and O–H groups in total. The van der Waals surface area contributed by atoms with E-state index in [9.17, 15) is 14.4 Å². The van der Waals surface area contributed by atoms with E-state index in [-0.39, 0.29) is 42.4 Å². The van der Waals surface area contributed by atoms with Gasteiger partial charge in [0.15, 0.2) is 5.78 Å². The van der Waals surface area contributed by atoms with Gasteiger partial charge in [-0.25, -0.2) is 0 Å². The first kappa shape index (κ1) is 23.9. The number of carbonyl (C=O) groups excluding carboxylic acids is 3. The van der Waals surface area contributed by atoms with Crippen LogP contribution in [0.25, 0.3) is 0 Å². The molecule has 1 saturated heterocycles. The van der Waals surface area contributed by atoms with Crippen molar-refractivity contribution in [3.63, 3.8) is 0 Å². The Morgan fingerprint density at radius 2 is 1.70 bits per heavy atom. The quantitative estimate of drug-likeness (QED) is 0.588. The minimum atomic E-state index is -0.0395. The Morgan fingerprint density at radius 3 is 2.27 bits per heavy atom. The van der Waals surface area contributed by atoms with Crippen molar-refractivity contribution in [2.24, 2.45) is 11.8 Å². The van der Waals surface area contributed by atoms with Gasteiger partial charge in [-0.3, -0.25) is 14.4 Å². The van der Waals surface area contributed by atoms with Crippen LogP contribution in [0.15, 0.2) is 24.3 Å². The second kappa shape index (κ2) is 11.7. The van der Waals surface area contributed by atoms with E-state index in [2.05, 4.69) is 19.2 Å². The predicted octanol–water partition coefficient (Wildman–Crippen LogP) is 3.84. The van der Waals surface area contributed by atoms with Crippen LogP contribution in [0.5, 0.6) is 5.75 Å². The van der Waals surface area contributed by atoms with Gasteiger partial charge < -0.3 is 15.0 Å². The van der Waals surface area contributed by atoms with Gasteiger partial charge in [0.1, 0.15) is 5.75 Å². The van der Waals surface area contributed by atoms with Gasteiger partial charge in [-0.2, -0.15) is 0 Å². The van der Waals surface area contributed by atoms with Gasteiger partial charge in [0, 0.05) is 43.5 Å². The molecule has 166 valence electrons. The first-order chi connectivity index (χ1) is 14.3. The van der Waals surface area contributed by atoms with Crippen LogP contribution in [0, 0.1) is 11.8 Å². The summed E-state index contributed by atoms with van der Waals surface area (Å²) in [5.74, 6) is 1.14. The van der Waals surface area contributed by atoms with E-state index < -0.39 is 0 Å². The van der Waals surface area contributed by atoms with Gasteiger partial charge >= 0.3 is 0 Å². The molecule has 2 amide bonds. The number of rotatable bonds is 10. The van der Waals surface area contributed by atoms with Crippen LogP contribution < -0.4 is 10.1 Å². The van der Waals surface area contributed by atoms with E-state index >= 15 is 0 Å². The van der Waals surface area contributed by atoms with Crippen molar-refractivity contribution in [1.29, 1.82) is 0 Å². The Kier molecular flexibility index (Phi) is 9.34. The molecule has 6 nitrogen and oxygen atoms in total. The van der Waals surface area contributed by atoms with Gasteiger partial charge in [0.05, 0.1) is 6.61 Å². The van der Waals surface area contributed by atoms with Crippen LogP contribution in [-0.4, -0.2) is 48.2 Å².